The summed E-state index contributed by atoms with van der Waals surface area (Å²) in [6.45, 7) is 9.29. The Morgan fingerprint density at radius 3 is 2.30 bits per heavy atom. The summed E-state index contributed by atoms with van der Waals surface area (Å²) >= 11 is 6.25. The number of nitro benzene ring substituents is 1. The van der Waals surface area contributed by atoms with Crippen molar-refractivity contribution < 1.29 is 18.1 Å². The van der Waals surface area contributed by atoms with Crippen LogP contribution in [-0.4, -0.2) is 24.6 Å². The van der Waals surface area contributed by atoms with Gasteiger partial charge in [0.15, 0.2) is 9.84 Å². The standard InChI is InChI=1S/C21H27ClN2O5S/c1-6-18(13(2)3)23-19-11-15(7-9-20(19)24(25)26)29-21-10-8-16(12-17(21)22)30(27,28)14(4)5/h7-14,18,23H,6H2,1-5H3. The zero-order chi connectivity index (χ0) is 22.6. The SMILES string of the molecule is CCC(Nc1cc(Oc2ccc(S(=O)(=O)C(C)C)cc2Cl)ccc1[N+](=O)[O-])C(C)C. The largest absolute Gasteiger partial charge is 0.456 e. The topological polar surface area (TPSA) is 98.5 Å². The Hall–Kier alpha value is -2.32. The summed E-state index contributed by atoms with van der Waals surface area (Å²) in [6.07, 6.45) is 0.803. The number of benzene rings is 2. The van der Waals surface area contributed by atoms with Gasteiger partial charge in [-0.05, 0) is 50.5 Å². The molecule has 2 aromatic rings. The van der Waals surface area contributed by atoms with Gasteiger partial charge >= 0.3 is 0 Å². The maximum absolute atomic E-state index is 12.3. The van der Waals surface area contributed by atoms with Gasteiger partial charge in [-0.25, -0.2) is 8.42 Å². The Morgan fingerprint density at radius 2 is 1.80 bits per heavy atom. The molecule has 30 heavy (non-hydrogen) atoms. The summed E-state index contributed by atoms with van der Waals surface area (Å²) in [6, 6.07) is 8.73. The molecule has 7 nitrogen and oxygen atoms in total. The quantitative estimate of drug-likeness (QED) is 0.364. The number of anilines is 1. The van der Waals surface area contributed by atoms with Gasteiger partial charge < -0.3 is 10.1 Å². The summed E-state index contributed by atoms with van der Waals surface area (Å²) in [5, 5.41) is 14.2. The highest BCUT2D eigenvalue weighted by Gasteiger charge is 2.22. The van der Waals surface area contributed by atoms with Gasteiger partial charge in [0, 0.05) is 18.2 Å². The second-order valence-corrected chi connectivity index (χ2v) is 10.5. The van der Waals surface area contributed by atoms with E-state index in [2.05, 4.69) is 5.32 Å². The molecule has 1 atom stereocenters. The molecule has 0 fully saturated rings. The Morgan fingerprint density at radius 1 is 1.13 bits per heavy atom. The Balaban J connectivity index is 2.37. The Labute approximate surface area is 182 Å². The summed E-state index contributed by atoms with van der Waals surface area (Å²) in [5.74, 6) is 0.891. The van der Waals surface area contributed by atoms with Crippen molar-refractivity contribution in [2.75, 3.05) is 5.32 Å². The van der Waals surface area contributed by atoms with Gasteiger partial charge in [0.05, 0.1) is 20.1 Å². The predicted molar refractivity (Wildman–Crippen MR) is 119 cm³/mol. The third kappa shape index (κ3) is 5.43. The van der Waals surface area contributed by atoms with Crippen LogP contribution >= 0.6 is 11.6 Å². The van der Waals surface area contributed by atoms with Gasteiger partial charge in [0.1, 0.15) is 17.2 Å². The molecule has 2 rings (SSSR count). The molecule has 0 amide bonds. The fraction of sp³-hybridized carbons (Fsp3) is 0.429. The number of sulfone groups is 1. The molecule has 164 valence electrons. The maximum Gasteiger partial charge on any atom is 0.292 e. The summed E-state index contributed by atoms with van der Waals surface area (Å²) < 4.78 is 30.4. The van der Waals surface area contributed by atoms with Crippen molar-refractivity contribution in [3.05, 3.63) is 51.5 Å². The van der Waals surface area contributed by atoms with Crippen LogP contribution in [0.4, 0.5) is 11.4 Å². The molecule has 1 N–H and O–H groups in total. The van der Waals surface area contributed by atoms with Crippen LogP contribution in [0.1, 0.15) is 41.0 Å². The van der Waals surface area contributed by atoms with Crippen molar-refractivity contribution in [2.45, 2.75) is 57.2 Å². The van der Waals surface area contributed by atoms with E-state index < -0.39 is 20.0 Å². The minimum Gasteiger partial charge on any atom is -0.456 e. The molecular weight excluding hydrogens is 428 g/mol. The number of nitro groups is 1. The number of rotatable bonds is 9. The second-order valence-electron chi connectivity index (χ2n) is 7.63. The van der Waals surface area contributed by atoms with E-state index >= 15 is 0 Å². The molecule has 2 aromatic carbocycles. The average molecular weight is 455 g/mol. The van der Waals surface area contributed by atoms with Crippen LogP contribution in [0.5, 0.6) is 11.5 Å². The number of hydrogen-bond acceptors (Lipinski definition) is 6. The average Bonchev–Trinajstić information content (AvgIpc) is 2.67. The van der Waals surface area contributed by atoms with Crippen LogP contribution in [0.2, 0.25) is 5.02 Å². The molecular formula is C21H27ClN2O5S. The zero-order valence-corrected chi connectivity index (χ0v) is 19.3. The third-order valence-corrected chi connectivity index (χ3v) is 7.28. The number of ether oxygens (including phenoxy) is 1. The number of nitrogens with zero attached hydrogens (tertiary/aromatic N) is 1. The van der Waals surface area contributed by atoms with Gasteiger partial charge in [0.2, 0.25) is 0 Å². The fourth-order valence-corrected chi connectivity index (χ4v) is 4.30. The van der Waals surface area contributed by atoms with Crippen LogP contribution in [0.25, 0.3) is 0 Å². The molecule has 0 heterocycles. The normalized spacial score (nSPS) is 12.8. The van der Waals surface area contributed by atoms with Crippen LogP contribution in [0.15, 0.2) is 41.3 Å². The molecule has 0 radical (unpaired) electrons. The maximum atomic E-state index is 12.3. The highest BCUT2D eigenvalue weighted by molar-refractivity contribution is 7.92. The lowest BCUT2D eigenvalue weighted by atomic mass is 10.0. The molecule has 0 spiro atoms. The number of nitrogens with one attached hydrogen (secondary N) is 1. The van der Waals surface area contributed by atoms with E-state index in [9.17, 15) is 18.5 Å². The molecule has 0 aliphatic heterocycles. The first-order valence-electron chi connectivity index (χ1n) is 9.73. The van der Waals surface area contributed by atoms with Crippen molar-refractivity contribution >= 4 is 32.8 Å². The summed E-state index contributed by atoms with van der Waals surface area (Å²) in [7, 11) is -3.46. The molecule has 0 saturated heterocycles. The molecule has 0 aliphatic carbocycles. The van der Waals surface area contributed by atoms with E-state index in [0.717, 1.165) is 6.42 Å². The molecule has 0 aromatic heterocycles. The van der Waals surface area contributed by atoms with E-state index in [1.54, 1.807) is 19.9 Å². The van der Waals surface area contributed by atoms with Crippen molar-refractivity contribution in [3.63, 3.8) is 0 Å². The lowest BCUT2D eigenvalue weighted by Gasteiger charge is -2.22. The van der Waals surface area contributed by atoms with Gasteiger partial charge in [-0.3, -0.25) is 10.1 Å². The molecule has 0 aliphatic rings. The molecule has 9 heteroatoms. The van der Waals surface area contributed by atoms with E-state index in [4.69, 9.17) is 16.3 Å². The van der Waals surface area contributed by atoms with Crippen molar-refractivity contribution in [1.29, 1.82) is 0 Å². The summed E-state index contributed by atoms with van der Waals surface area (Å²) in [5.41, 5.74) is 0.305. The lowest BCUT2D eigenvalue weighted by molar-refractivity contribution is -0.384. The Kier molecular flexibility index (Phi) is 7.71. The molecule has 1 unspecified atom stereocenters. The first-order chi connectivity index (χ1) is 14.0. The Bertz CT molecular complexity index is 1020. The van der Waals surface area contributed by atoms with E-state index in [-0.39, 0.29) is 33.3 Å². The van der Waals surface area contributed by atoms with E-state index in [0.29, 0.717) is 11.4 Å². The van der Waals surface area contributed by atoms with Crippen LogP contribution in [-0.2, 0) is 9.84 Å². The highest BCUT2D eigenvalue weighted by Crippen LogP contribution is 2.36. The van der Waals surface area contributed by atoms with Gasteiger partial charge in [0.25, 0.3) is 5.69 Å². The third-order valence-electron chi connectivity index (χ3n) is 4.83. The molecule has 0 saturated carbocycles. The van der Waals surface area contributed by atoms with Crippen molar-refractivity contribution in [2.24, 2.45) is 5.92 Å². The van der Waals surface area contributed by atoms with E-state index in [1.165, 1.54) is 30.3 Å². The zero-order valence-electron chi connectivity index (χ0n) is 17.7. The second kappa shape index (κ2) is 9.66. The van der Waals surface area contributed by atoms with Crippen molar-refractivity contribution in [3.8, 4) is 11.5 Å². The fourth-order valence-electron chi connectivity index (χ4n) is 2.93. The van der Waals surface area contributed by atoms with Gasteiger partial charge in [-0.1, -0.05) is 32.4 Å². The molecule has 0 bridgehead atoms. The van der Waals surface area contributed by atoms with Crippen LogP contribution in [0.3, 0.4) is 0 Å². The monoisotopic (exact) mass is 454 g/mol. The summed E-state index contributed by atoms with van der Waals surface area (Å²) in [4.78, 5) is 11.1. The minimum absolute atomic E-state index is 0.0501. The first-order valence-corrected chi connectivity index (χ1v) is 11.7. The predicted octanol–water partition coefficient (Wildman–Crippen LogP) is 6.07. The minimum atomic E-state index is -3.46. The van der Waals surface area contributed by atoms with Crippen molar-refractivity contribution in [1.82, 2.24) is 0 Å². The van der Waals surface area contributed by atoms with Crippen LogP contribution < -0.4 is 10.1 Å². The number of hydrogen-bond donors (Lipinski definition) is 1. The first kappa shape index (κ1) is 24.0. The van der Waals surface area contributed by atoms with E-state index in [1.807, 2.05) is 20.8 Å². The number of halogens is 1. The van der Waals surface area contributed by atoms with Gasteiger partial charge in [-0.15, -0.1) is 0 Å². The smallest absolute Gasteiger partial charge is 0.292 e. The highest BCUT2D eigenvalue weighted by atomic mass is 35.5. The van der Waals surface area contributed by atoms with Gasteiger partial charge in [-0.2, -0.15) is 0 Å². The lowest BCUT2D eigenvalue weighted by Crippen LogP contribution is -2.25. The van der Waals surface area contributed by atoms with Crippen LogP contribution in [0, 0.1) is 16.0 Å².